The molecule has 0 bridgehead atoms. The van der Waals surface area contributed by atoms with Gasteiger partial charge in [0.2, 0.25) is 0 Å². The van der Waals surface area contributed by atoms with E-state index in [4.69, 9.17) is 14.2 Å². The van der Waals surface area contributed by atoms with Crippen LogP contribution in [0.1, 0.15) is 60.8 Å². The number of methoxy groups -OCH3 is 1. The summed E-state index contributed by atoms with van der Waals surface area (Å²) in [5.74, 6) is 1.81. The number of para-hydroxylation sites is 1. The lowest BCUT2D eigenvalue weighted by Crippen LogP contribution is -2.36. The van der Waals surface area contributed by atoms with Crippen LogP contribution >= 0.6 is 0 Å². The summed E-state index contributed by atoms with van der Waals surface area (Å²) in [6.45, 7) is 6.11. The van der Waals surface area contributed by atoms with Gasteiger partial charge in [-0.25, -0.2) is 0 Å². The molecule has 2 aliphatic rings. The molecule has 0 radical (unpaired) electrons. The van der Waals surface area contributed by atoms with Crippen LogP contribution in [0.25, 0.3) is 11.3 Å². The first-order valence-electron chi connectivity index (χ1n) is 12.6. The lowest BCUT2D eigenvalue weighted by atomic mass is 9.95. The lowest BCUT2D eigenvalue weighted by Gasteiger charge is -2.29. The molecule has 2 aliphatic heterocycles. The number of aromatic nitrogens is 2. The zero-order valence-electron chi connectivity index (χ0n) is 21.0. The third-order valence-corrected chi connectivity index (χ3v) is 6.90. The predicted octanol–water partition coefficient (Wildman–Crippen LogP) is 4.94. The molecule has 2 aromatic carbocycles. The average molecular weight is 492 g/mol. The molecule has 2 atom stereocenters. The molecule has 190 valence electrons. The molecule has 0 saturated carbocycles. The molecule has 8 nitrogen and oxygen atoms in total. The fourth-order valence-electron chi connectivity index (χ4n) is 5.00. The number of phenols is 1. The number of aromatic amines is 1. The summed E-state index contributed by atoms with van der Waals surface area (Å²) >= 11 is 0. The van der Waals surface area contributed by atoms with E-state index in [0.29, 0.717) is 54.1 Å². The van der Waals surface area contributed by atoms with Crippen molar-refractivity contribution < 1.29 is 24.1 Å². The minimum Gasteiger partial charge on any atom is -0.507 e. The van der Waals surface area contributed by atoms with Gasteiger partial charge in [0.15, 0.2) is 11.5 Å². The van der Waals surface area contributed by atoms with Crippen LogP contribution in [0.2, 0.25) is 0 Å². The zero-order valence-corrected chi connectivity index (χ0v) is 21.0. The van der Waals surface area contributed by atoms with E-state index in [1.807, 2.05) is 35.2 Å². The van der Waals surface area contributed by atoms with E-state index in [-0.39, 0.29) is 17.8 Å². The molecule has 3 heterocycles. The number of nitrogens with zero attached hydrogens (tertiary/aromatic N) is 2. The van der Waals surface area contributed by atoms with Gasteiger partial charge in [-0.3, -0.25) is 9.89 Å². The Morgan fingerprint density at radius 1 is 1.22 bits per heavy atom. The Morgan fingerprint density at radius 3 is 2.78 bits per heavy atom. The summed E-state index contributed by atoms with van der Waals surface area (Å²) in [4.78, 5) is 15.4. The molecule has 1 amide bonds. The van der Waals surface area contributed by atoms with Crippen molar-refractivity contribution in [2.45, 2.75) is 45.3 Å². The van der Waals surface area contributed by atoms with Gasteiger partial charge in [0.1, 0.15) is 17.1 Å². The highest BCUT2D eigenvalue weighted by Crippen LogP contribution is 2.46. The van der Waals surface area contributed by atoms with Crippen molar-refractivity contribution in [3.05, 3.63) is 59.3 Å². The van der Waals surface area contributed by atoms with Crippen molar-refractivity contribution in [3.8, 4) is 28.5 Å². The van der Waals surface area contributed by atoms with Crippen molar-refractivity contribution >= 4 is 5.91 Å². The molecule has 5 rings (SSSR count). The van der Waals surface area contributed by atoms with Gasteiger partial charge in [0.05, 0.1) is 25.9 Å². The molecular weight excluding hydrogens is 458 g/mol. The number of nitrogens with one attached hydrogen (secondary N) is 1. The number of H-pyrrole nitrogens is 1. The number of phenolic OH excluding ortho intramolecular Hbond substituents is 1. The molecule has 0 aliphatic carbocycles. The smallest absolute Gasteiger partial charge is 0.273 e. The number of amides is 1. The Kier molecular flexibility index (Phi) is 6.87. The van der Waals surface area contributed by atoms with Gasteiger partial charge in [-0.2, -0.15) is 5.10 Å². The Labute approximate surface area is 211 Å². The predicted molar refractivity (Wildman–Crippen MR) is 135 cm³/mol. The summed E-state index contributed by atoms with van der Waals surface area (Å²) in [5, 5.41) is 18.0. The van der Waals surface area contributed by atoms with Gasteiger partial charge in [-0.1, -0.05) is 32.0 Å². The topological polar surface area (TPSA) is 96.9 Å². The number of aromatic hydroxyl groups is 1. The van der Waals surface area contributed by atoms with Gasteiger partial charge in [-0.05, 0) is 55.0 Å². The second-order valence-electron chi connectivity index (χ2n) is 9.81. The first kappa shape index (κ1) is 24.2. The van der Waals surface area contributed by atoms with Gasteiger partial charge < -0.3 is 24.2 Å². The summed E-state index contributed by atoms with van der Waals surface area (Å²) < 4.78 is 17.6. The lowest BCUT2D eigenvalue weighted by molar-refractivity contribution is 0.0495. The fourth-order valence-corrected chi connectivity index (χ4v) is 5.00. The highest BCUT2D eigenvalue weighted by atomic mass is 16.5. The highest BCUT2D eigenvalue weighted by molar-refractivity contribution is 6.00. The van der Waals surface area contributed by atoms with E-state index in [1.54, 1.807) is 19.2 Å². The Balaban J connectivity index is 1.56. The molecule has 1 aromatic heterocycles. The number of rotatable bonds is 9. The van der Waals surface area contributed by atoms with E-state index >= 15 is 0 Å². The summed E-state index contributed by atoms with van der Waals surface area (Å²) in [5.41, 5.74) is 3.20. The molecular formula is C28H33N3O5. The van der Waals surface area contributed by atoms with Crippen molar-refractivity contribution in [1.29, 1.82) is 0 Å². The van der Waals surface area contributed by atoms with Crippen molar-refractivity contribution in [3.63, 3.8) is 0 Å². The first-order chi connectivity index (χ1) is 17.5. The van der Waals surface area contributed by atoms with Gasteiger partial charge in [0, 0.05) is 24.3 Å². The molecule has 1 fully saturated rings. The molecule has 0 unspecified atom stereocenters. The maximum atomic E-state index is 13.6. The minimum atomic E-state index is -0.413. The quantitative estimate of drug-likeness (QED) is 0.440. The van der Waals surface area contributed by atoms with E-state index in [2.05, 4.69) is 24.0 Å². The van der Waals surface area contributed by atoms with Gasteiger partial charge in [0.25, 0.3) is 5.91 Å². The second-order valence-corrected chi connectivity index (χ2v) is 9.81. The standard InChI is InChI=1S/C28H33N3O5/c1-17(2)12-14-36-22-11-10-18(15-23(22)34-3)27-24-25(20-8-4-5-9-21(20)32)29-30-26(24)28(33)31(27)16-19-7-6-13-35-19/h4-5,8-11,15,17,19,27,32H,6-7,12-14,16H2,1-3H3,(H,29,30)/t19-,27-/m0/s1. The molecule has 8 heteroatoms. The summed E-state index contributed by atoms with van der Waals surface area (Å²) in [7, 11) is 1.62. The third kappa shape index (κ3) is 4.53. The highest BCUT2D eigenvalue weighted by Gasteiger charge is 2.44. The van der Waals surface area contributed by atoms with Crippen molar-refractivity contribution in [1.82, 2.24) is 15.1 Å². The second kappa shape index (κ2) is 10.2. The molecule has 2 N–H and O–H groups in total. The number of hydrogen-bond acceptors (Lipinski definition) is 6. The van der Waals surface area contributed by atoms with E-state index in [9.17, 15) is 9.90 Å². The maximum absolute atomic E-state index is 13.6. The van der Waals surface area contributed by atoms with Crippen LogP contribution in [0.15, 0.2) is 42.5 Å². The van der Waals surface area contributed by atoms with Crippen molar-refractivity contribution in [2.24, 2.45) is 5.92 Å². The van der Waals surface area contributed by atoms with Crippen molar-refractivity contribution in [2.75, 3.05) is 26.9 Å². The monoisotopic (exact) mass is 491 g/mol. The van der Waals surface area contributed by atoms with E-state index in [1.165, 1.54) is 0 Å². The number of ether oxygens (including phenoxy) is 3. The van der Waals surface area contributed by atoms with Crippen LogP contribution in [0, 0.1) is 5.92 Å². The number of benzene rings is 2. The molecule has 3 aromatic rings. The Hall–Kier alpha value is -3.52. The first-order valence-corrected chi connectivity index (χ1v) is 12.6. The van der Waals surface area contributed by atoms with Crippen LogP contribution < -0.4 is 9.47 Å². The third-order valence-electron chi connectivity index (χ3n) is 6.90. The van der Waals surface area contributed by atoms with Crippen LogP contribution in [0.3, 0.4) is 0 Å². The van der Waals surface area contributed by atoms with E-state index in [0.717, 1.165) is 30.4 Å². The normalized spacial score (nSPS) is 19.2. The van der Waals surface area contributed by atoms with Crippen LogP contribution in [-0.4, -0.2) is 59.1 Å². The fraction of sp³-hybridized carbons (Fsp3) is 0.429. The van der Waals surface area contributed by atoms with E-state index < -0.39 is 6.04 Å². The van der Waals surface area contributed by atoms with Crippen LogP contribution in [-0.2, 0) is 4.74 Å². The molecule has 0 spiro atoms. The Morgan fingerprint density at radius 2 is 2.06 bits per heavy atom. The number of hydrogen-bond donors (Lipinski definition) is 2. The van der Waals surface area contributed by atoms with Crippen LogP contribution in [0.5, 0.6) is 17.2 Å². The average Bonchev–Trinajstić information content (AvgIpc) is 3.59. The number of carbonyl (C=O) groups is 1. The zero-order chi connectivity index (χ0) is 25.2. The minimum absolute atomic E-state index is 0.0115. The van der Waals surface area contributed by atoms with Gasteiger partial charge in [-0.15, -0.1) is 0 Å². The maximum Gasteiger partial charge on any atom is 0.273 e. The summed E-state index contributed by atoms with van der Waals surface area (Å²) in [6, 6.07) is 12.4. The molecule has 36 heavy (non-hydrogen) atoms. The number of carbonyl (C=O) groups excluding carboxylic acids is 1. The SMILES string of the molecule is COc1cc([C@H]2c3c(-c4ccccc4O)n[nH]c3C(=O)N2C[C@@H]2CCCO2)ccc1OCCC(C)C. The van der Waals surface area contributed by atoms with Crippen LogP contribution in [0.4, 0.5) is 0 Å². The molecule has 1 saturated heterocycles. The Bertz CT molecular complexity index is 1230. The largest absolute Gasteiger partial charge is 0.507 e. The number of fused-ring (bicyclic) bond motifs is 1. The summed E-state index contributed by atoms with van der Waals surface area (Å²) in [6.07, 6.45) is 2.84. The van der Waals surface area contributed by atoms with Gasteiger partial charge >= 0.3 is 0 Å².